The van der Waals surface area contributed by atoms with Gasteiger partial charge in [0.2, 0.25) is 0 Å². The average molecular weight is 321 g/mol. The third-order valence-electron chi connectivity index (χ3n) is 0.719. The molecular formula is C2F6MnO4S2. The van der Waals surface area contributed by atoms with Crippen LogP contribution in [0.3, 0.4) is 0 Å². The summed E-state index contributed by atoms with van der Waals surface area (Å²) in [5.41, 5.74) is -12.0. The summed E-state index contributed by atoms with van der Waals surface area (Å²) in [6.07, 6.45) is 0. The molecule has 0 aromatic carbocycles. The fourth-order valence-electron chi connectivity index (χ4n) is 0.181. The number of hydrogen-bond acceptors (Lipinski definition) is 4. The summed E-state index contributed by atoms with van der Waals surface area (Å²) in [6, 6.07) is 0. The fraction of sp³-hybridized carbons (Fsp3) is 1.00. The molecule has 0 heterocycles. The van der Waals surface area contributed by atoms with E-state index in [-0.39, 0.29) is 0 Å². The Labute approximate surface area is 83.8 Å². The number of alkyl halides is 6. The molecule has 0 aliphatic rings. The third-order valence-corrected chi connectivity index (χ3v) is 9.45. The van der Waals surface area contributed by atoms with Crippen molar-refractivity contribution in [2.45, 2.75) is 11.0 Å². The van der Waals surface area contributed by atoms with Gasteiger partial charge in [-0.3, -0.25) is 0 Å². The Kier molecular flexibility index (Phi) is 3.79. The van der Waals surface area contributed by atoms with Crippen molar-refractivity contribution in [1.29, 1.82) is 0 Å². The van der Waals surface area contributed by atoms with E-state index in [0.717, 1.165) is 0 Å². The molecule has 13 heteroatoms. The molecule has 0 unspecified atom stereocenters. The Bertz CT molecular complexity index is 385. The Morgan fingerprint density at radius 2 is 0.867 bits per heavy atom. The van der Waals surface area contributed by atoms with E-state index in [4.69, 9.17) is 0 Å². The molecule has 0 saturated heterocycles. The molecule has 0 spiro atoms. The molecule has 0 atom stereocenters. The Morgan fingerprint density at radius 3 is 1.00 bits per heavy atom. The Balaban J connectivity index is 5.28. The van der Waals surface area contributed by atoms with Crippen molar-refractivity contribution < 1.29 is 55.9 Å². The zero-order chi connectivity index (χ0) is 12.7. The molecule has 0 saturated carbocycles. The molecule has 93 valence electrons. The van der Waals surface area contributed by atoms with Crippen molar-refractivity contribution >= 4 is 16.5 Å². The standard InChI is InChI=1S/2CF3O2S.Mn/c2*2-1(3,4)7(5)6;. The van der Waals surface area contributed by atoms with Crippen molar-refractivity contribution in [1.82, 2.24) is 0 Å². The average Bonchev–Trinajstić information content (AvgIpc) is 1.77. The van der Waals surface area contributed by atoms with Crippen LogP contribution in [0.4, 0.5) is 26.3 Å². The molecule has 0 aromatic rings. The molecular weight excluding hydrogens is 321 g/mol. The maximum absolute atomic E-state index is 11.5. The van der Waals surface area contributed by atoms with E-state index in [2.05, 4.69) is 0 Å². The molecule has 0 aliphatic carbocycles. The molecule has 0 rings (SSSR count). The van der Waals surface area contributed by atoms with E-state index in [0.29, 0.717) is 0 Å². The fourth-order valence-corrected chi connectivity index (χ4v) is 6.70. The molecule has 0 bridgehead atoms. The van der Waals surface area contributed by atoms with Crippen molar-refractivity contribution in [3.8, 4) is 0 Å². The van der Waals surface area contributed by atoms with Crippen molar-refractivity contribution in [3.05, 3.63) is 0 Å². The first-order valence-electron chi connectivity index (χ1n) is 2.52. The SMILES string of the molecule is O=[S](=O)([Mn][S](=O)(=O)C(F)(F)F)C(F)(F)F. The van der Waals surface area contributed by atoms with Crippen LogP contribution in [0.1, 0.15) is 0 Å². The second-order valence-electron chi connectivity index (χ2n) is 1.83. The van der Waals surface area contributed by atoms with E-state index >= 15 is 0 Å². The van der Waals surface area contributed by atoms with Crippen LogP contribution in [0.5, 0.6) is 0 Å². The summed E-state index contributed by atoms with van der Waals surface area (Å²) < 4.78 is 110. The van der Waals surface area contributed by atoms with E-state index in [1.54, 1.807) is 0 Å². The van der Waals surface area contributed by atoms with Gasteiger partial charge in [0.1, 0.15) is 0 Å². The van der Waals surface area contributed by atoms with E-state index in [9.17, 15) is 43.2 Å². The van der Waals surface area contributed by atoms with Gasteiger partial charge >= 0.3 is 83.4 Å². The summed E-state index contributed by atoms with van der Waals surface area (Å²) >= 11 is -3.35. The molecule has 15 heavy (non-hydrogen) atoms. The van der Waals surface area contributed by atoms with Crippen LogP contribution in [0.2, 0.25) is 0 Å². The van der Waals surface area contributed by atoms with Crippen LogP contribution in [-0.2, 0) is 29.2 Å². The monoisotopic (exact) mass is 321 g/mol. The summed E-state index contributed by atoms with van der Waals surface area (Å²) in [4.78, 5) is 0. The quantitative estimate of drug-likeness (QED) is 0.556. The van der Waals surface area contributed by atoms with Crippen LogP contribution in [-0.4, -0.2) is 27.9 Å². The van der Waals surface area contributed by atoms with Crippen molar-refractivity contribution in [3.63, 3.8) is 0 Å². The van der Waals surface area contributed by atoms with Gasteiger partial charge in [-0.05, 0) is 0 Å². The minimum absolute atomic E-state index is 3.35. The number of rotatable bonds is 2. The van der Waals surface area contributed by atoms with Crippen LogP contribution >= 0.6 is 0 Å². The number of hydrogen-bond donors (Lipinski definition) is 0. The predicted molar refractivity (Wildman–Crippen MR) is 29.9 cm³/mol. The van der Waals surface area contributed by atoms with E-state index < -0.39 is 40.2 Å². The first-order valence-corrected chi connectivity index (χ1v) is 8.18. The first-order chi connectivity index (χ1) is 6.21. The Morgan fingerprint density at radius 1 is 0.667 bits per heavy atom. The molecule has 0 N–H and O–H groups in total. The van der Waals surface area contributed by atoms with Gasteiger partial charge in [0.15, 0.2) is 0 Å². The zero-order valence-electron chi connectivity index (χ0n) is 6.10. The minimum atomic E-state index is -6.32. The van der Waals surface area contributed by atoms with E-state index in [1.807, 2.05) is 0 Å². The number of halogens is 6. The molecule has 0 radical (unpaired) electrons. The molecule has 4 nitrogen and oxygen atoms in total. The van der Waals surface area contributed by atoms with Crippen molar-refractivity contribution in [2.24, 2.45) is 0 Å². The topological polar surface area (TPSA) is 68.3 Å². The van der Waals surface area contributed by atoms with Gasteiger partial charge in [-0.15, -0.1) is 0 Å². The summed E-state index contributed by atoms with van der Waals surface area (Å²) in [5, 5.41) is 0. The molecule has 0 amide bonds. The van der Waals surface area contributed by atoms with Crippen molar-refractivity contribution in [2.75, 3.05) is 0 Å². The molecule has 0 aromatic heterocycles. The predicted octanol–water partition coefficient (Wildman–Crippen LogP) is 0.768. The van der Waals surface area contributed by atoms with Gasteiger partial charge in [-0.2, -0.15) is 0 Å². The van der Waals surface area contributed by atoms with Crippen LogP contribution < -0.4 is 0 Å². The summed E-state index contributed by atoms with van der Waals surface area (Å²) in [7, 11) is -12.6. The zero-order valence-corrected chi connectivity index (χ0v) is 8.91. The van der Waals surface area contributed by atoms with Crippen LogP contribution in [0.15, 0.2) is 0 Å². The second kappa shape index (κ2) is 3.79. The van der Waals surface area contributed by atoms with Crippen LogP contribution in [0, 0.1) is 0 Å². The normalized spacial score (nSPS) is 15.3. The van der Waals surface area contributed by atoms with Gasteiger partial charge < -0.3 is 0 Å². The summed E-state index contributed by atoms with van der Waals surface area (Å²) in [6.45, 7) is 0. The van der Waals surface area contributed by atoms with Gasteiger partial charge in [-0.25, -0.2) is 0 Å². The molecule has 0 aliphatic heterocycles. The van der Waals surface area contributed by atoms with Gasteiger partial charge in [-0.1, -0.05) is 0 Å². The first kappa shape index (κ1) is 15.0. The van der Waals surface area contributed by atoms with Gasteiger partial charge in [0, 0.05) is 0 Å². The molecule has 0 fully saturated rings. The van der Waals surface area contributed by atoms with Gasteiger partial charge in [0.05, 0.1) is 0 Å². The third kappa shape index (κ3) is 3.50. The Hall–Kier alpha value is -0.000519. The second-order valence-corrected chi connectivity index (χ2v) is 10.6. The maximum atomic E-state index is 11.5. The van der Waals surface area contributed by atoms with Gasteiger partial charge in [0.25, 0.3) is 0 Å². The summed E-state index contributed by atoms with van der Waals surface area (Å²) in [5.74, 6) is 0. The van der Waals surface area contributed by atoms with E-state index in [1.165, 1.54) is 0 Å². The van der Waals surface area contributed by atoms with Crippen LogP contribution in [0.25, 0.3) is 0 Å².